The van der Waals surface area contributed by atoms with Crippen molar-refractivity contribution in [3.05, 3.63) is 59.8 Å². The second-order valence-corrected chi connectivity index (χ2v) is 4.83. The average Bonchev–Trinajstić information content (AvgIpc) is 3.02. The predicted octanol–water partition coefficient (Wildman–Crippen LogP) is 3.09. The molecule has 0 radical (unpaired) electrons. The average molecular weight is 317 g/mol. The Kier molecular flexibility index (Phi) is 4.18. The summed E-state index contributed by atoms with van der Waals surface area (Å²) in [5.41, 5.74) is 2.19. The number of carbonyl (C=O) groups excluding carboxylic acids is 1. The first-order valence-electron chi connectivity index (χ1n) is 6.87. The SMILES string of the molecule is O=C(NCc1cccc2[nH]ncc12)c1ccc(OC(F)F)cc1. The van der Waals surface area contributed by atoms with Crippen LogP contribution >= 0.6 is 0 Å². The molecule has 1 amide bonds. The number of aromatic amines is 1. The van der Waals surface area contributed by atoms with Crippen molar-refractivity contribution in [2.24, 2.45) is 0 Å². The van der Waals surface area contributed by atoms with E-state index in [9.17, 15) is 13.6 Å². The molecule has 0 fully saturated rings. The van der Waals surface area contributed by atoms with Crippen LogP contribution < -0.4 is 10.1 Å². The predicted molar refractivity (Wildman–Crippen MR) is 80.3 cm³/mol. The zero-order valence-electron chi connectivity index (χ0n) is 11.9. The number of hydrogen-bond acceptors (Lipinski definition) is 3. The molecule has 3 aromatic rings. The fourth-order valence-corrected chi connectivity index (χ4v) is 2.25. The van der Waals surface area contributed by atoms with Gasteiger partial charge in [-0.1, -0.05) is 12.1 Å². The van der Waals surface area contributed by atoms with Crippen LogP contribution in [0.1, 0.15) is 15.9 Å². The Morgan fingerprint density at radius 3 is 2.74 bits per heavy atom. The van der Waals surface area contributed by atoms with Crippen LogP contribution in [0.25, 0.3) is 10.9 Å². The van der Waals surface area contributed by atoms with Crippen molar-refractivity contribution in [3.8, 4) is 5.75 Å². The number of rotatable bonds is 5. The Bertz CT molecular complexity index is 816. The third-order valence-electron chi connectivity index (χ3n) is 3.36. The highest BCUT2D eigenvalue weighted by Gasteiger charge is 2.09. The largest absolute Gasteiger partial charge is 0.435 e. The lowest BCUT2D eigenvalue weighted by atomic mass is 10.1. The molecule has 3 rings (SSSR count). The summed E-state index contributed by atoms with van der Waals surface area (Å²) in [5, 5.41) is 10.6. The lowest BCUT2D eigenvalue weighted by Gasteiger charge is -2.08. The summed E-state index contributed by atoms with van der Waals surface area (Å²) in [5.74, 6) is -0.284. The Labute approximate surface area is 130 Å². The Morgan fingerprint density at radius 2 is 2.00 bits per heavy atom. The smallest absolute Gasteiger partial charge is 0.387 e. The van der Waals surface area contributed by atoms with E-state index in [0.717, 1.165) is 16.5 Å². The molecular formula is C16H13F2N3O2. The van der Waals surface area contributed by atoms with Gasteiger partial charge >= 0.3 is 6.61 Å². The summed E-state index contributed by atoms with van der Waals surface area (Å²) < 4.78 is 28.4. The second kappa shape index (κ2) is 6.43. The summed E-state index contributed by atoms with van der Waals surface area (Å²) in [6.45, 7) is -2.55. The molecule has 1 aromatic heterocycles. The van der Waals surface area contributed by atoms with Gasteiger partial charge in [-0.15, -0.1) is 0 Å². The molecule has 0 unspecified atom stereocenters. The maximum absolute atomic E-state index is 12.1. The summed E-state index contributed by atoms with van der Waals surface area (Å²) in [4.78, 5) is 12.1. The third kappa shape index (κ3) is 3.45. The van der Waals surface area contributed by atoms with E-state index >= 15 is 0 Å². The van der Waals surface area contributed by atoms with Crippen molar-refractivity contribution < 1.29 is 18.3 Å². The molecule has 118 valence electrons. The highest BCUT2D eigenvalue weighted by molar-refractivity contribution is 5.94. The van der Waals surface area contributed by atoms with Gasteiger partial charge in [-0.25, -0.2) is 0 Å². The number of H-pyrrole nitrogens is 1. The Morgan fingerprint density at radius 1 is 1.22 bits per heavy atom. The van der Waals surface area contributed by atoms with Crippen molar-refractivity contribution in [2.75, 3.05) is 0 Å². The zero-order valence-corrected chi connectivity index (χ0v) is 11.9. The van der Waals surface area contributed by atoms with E-state index in [2.05, 4.69) is 20.3 Å². The van der Waals surface area contributed by atoms with E-state index in [0.29, 0.717) is 12.1 Å². The van der Waals surface area contributed by atoms with Crippen molar-refractivity contribution in [2.45, 2.75) is 13.2 Å². The van der Waals surface area contributed by atoms with Crippen molar-refractivity contribution in [1.82, 2.24) is 15.5 Å². The van der Waals surface area contributed by atoms with Gasteiger partial charge < -0.3 is 10.1 Å². The van der Waals surface area contributed by atoms with E-state index in [1.165, 1.54) is 24.3 Å². The number of ether oxygens (including phenoxy) is 1. The molecular weight excluding hydrogens is 304 g/mol. The van der Waals surface area contributed by atoms with Gasteiger partial charge in [0.15, 0.2) is 0 Å². The number of nitrogens with one attached hydrogen (secondary N) is 2. The molecule has 7 heteroatoms. The minimum absolute atomic E-state index is 0.0136. The summed E-state index contributed by atoms with van der Waals surface area (Å²) >= 11 is 0. The zero-order chi connectivity index (χ0) is 16.2. The van der Waals surface area contributed by atoms with E-state index in [1.807, 2.05) is 18.2 Å². The van der Waals surface area contributed by atoms with Gasteiger partial charge in [0.05, 0.1) is 11.7 Å². The number of fused-ring (bicyclic) bond motifs is 1. The number of carbonyl (C=O) groups is 1. The van der Waals surface area contributed by atoms with Gasteiger partial charge in [0.25, 0.3) is 5.91 Å². The standard InChI is InChI=1S/C16H13F2N3O2/c17-16(18)23-12-6-4-10(5-7-12)15(22)19-8-11-2-1-3-14-13(11)9-20-21-14/h1-7,9,16H,8H2,(H,19,22)(H,20,21). The molecule has 0 spiro atoms. The van der Waals surface area contributed by atoms with Gasteiger partial charge in [-0.05, 0) is 35.9 Å². The Hall–Kier alpha value is -2.96. The van der Waals surface area contributed by atoms with E-state index < -0.39 is 6.61 Å². The molecule has 2 aromatic carbocycles. The lowest BCUT2D eigenvalue weighted by Crippen LogP contribution is -2.22. The van der Waals surface area contributed by atoms with Crippen LogP contribution in [0.5, 0.6) is 5.75 Å². The molecule has 0 atom stereocenters. The van der Waals surface area contributed by atoms with Gasteiger partial charge in [-0.2, -0.15) is 13.9 Å². The minimum Gasteiger partial charge on any atom is -0.435 e. The molecule has 5 nitrogen and oxygen atoms in total. The van der Waals surface area contributed by atoms with Crippen LogP contribution in [-0.4, -0.2) is 22.7 Å². The maximum atomic E-state index is 12.1. The fourth-order valence-electron chi connectivity index (χ4n) is 2.25. The highest BCUT2D eigenvalue weighted by Crippen LogP contribution is 2.17. The van der Waals surface area contributed by atoms with Crippen LogP contribution in [-0.2, 0) is 6.54 Å². The second-order valence-electron chi connectivity index (χ2n) is 4.83. The number of aromatic nitrogens is 2. The molecule has 0 aliphatic rings. The molecule has 0 saturated heterocycles. The van der Waals surface area contributed by atoms with E-state index in [1.54, 1.807) is 6.20 Å². The highest BCUT2D eigenvalue weighted by atomic mass is 19.3. The molecule has 23 heavy (non-hydrogen) atoms. The van der Waals surface area contributed by atoms with Crippen LogP contribution in [0.2, 0.25) is 0 Å². The lowest BCUT2D eigenvalue weighted by molar-refractivity contribution is -0.0498. The summed E-state index contributed by atoms with van der Waals surface area (Å²) in [6.07, 6.45) is 1.70. The molecule has 0 aliphatic carbocycles. The minimum atomic E-state index is -2.88. The van der Waals surface area contributed by atoms with Crippen molar-refractivity contribution in [3.63, 3.8) is 0 Å². The fraction of sp³-hybridized carbons (Fsp3) is 0.125. The monoisotopic (exact) mass is 317 g/mol. The number of benzene rings is 2. The van der Waals surface area contributed by atoms with Crippen molar-refractivity contribution >= 4 is 16.8 Å². The number of hydrogen-bond donors (Lipinski definition) is 2. The van der Waals surface area contributed by atoms with Gasteiger partial charge in [-0.3, -0.25) is 9.89 Å². The Balaban J connectivity index is 1.66. The number of nitrogens with zero attached hydrogens (tertiary/aromatic N) is 1. The van der Waals surface area contributed by atoms with Crippen LogP contribution in [0, 0.1) is 0 Å². The van der Waals surface area contributed by atoms with Crippen LogP contribution in [0.3, 0.4) is 0 Å². The van der Waals surface area contributed by atoms with Gasteiger partial charge in [0, 0.05) is 17.5 Å². The number of halogens is 2. The molecule has 2 N–H and O–H groups in total. The molecule has 0 saturated carbocycles. The van der Waals surface area contributed by atoms with Gasteiger partial charge in [0.1, 0.15) is 5.75 Å². The van der Waals surface area contributed by atoms with E-state index in [4.69, 9.17) is 0 Å². The topological polar surface area (TPSA) is 67.0 Å². The number of alkyl halides is 2. The van der Waals surface area contributed by atoms with Gasteiger partial charge in [0.2, 0.25) is 0 Å². The van der Waals surface area contributed by atoms with Crippen LogP contribution in [0.4, 0.5) is 8.78 Å². The first kappa shape index (κ1) is 15.0. The maximum Gasteiger partial charge on any atom is 0.387 e. The van der Waals surface area contributed by atoms with Crippen molar-refractivity contribution in [1.29, 1.82) is 0 Å². The summed E-state index contributed by atoms with van der Waals surface area (Å²) in [7, 11) is 0. The molecule has 0 aliphatic heterocycles. The van der Waals surface area contributed by atoms with Crippen LogP contribution in [0.15, 0.2) is 48.7 Å². The normalized spacial score (nSPS) is 10.9. The first-order valence-corrected chi connectivity index (χ1v) is 6.87. The quantitative estimate of drug-likeness (QED) is 0.760. The first-order chi connectivity index (χ1) is 11.1. The summed E-state index contributed by atoms with van der Waals surface area (Å²) in [6, 6.07) is 11.2. The third-order valence-corrected chi connectivity index (χ3v) is 3.36. The number of amides is 1. The molecule has 0 bridgehead atoms. The molecule has 1 heterocycles. The van der Waals surface area contributed by atoms with E-state index in [-0.39, 0.29) is 11.7 Å².